The predicted molar refractivity (Wildman–Crippen MR) is 93.6 cm³/mol. The van der Waals surface area contributed by atoms with Gasteiger partial charge < -0.3 is 20.3 Å². The Morgan fingerprint density at radius 1 is 1.27 bits per heavy atom. The van der Waals surface area contributed by atoms with E-state index in [4.69, 9.17) is 15.0 Å². The van der Waals surface area contributed by atoms with Gasteiger partial charge in [-0.05, 0) is 39.3 Å². The Kier molecular flexibility index (Phi) is 10.4. The first-order chi connectivity index (χ1) is 12.5. The van der Waals surface area contributed by atoms with Gasteiger partial charge >= 0.3 is 12.2 Å². The maximum Gasteiger partial charge on any atom is 0.328 e. The molecule has 9 heteroatoms. The highest BCUT2D eigenvalue weighted by Crippen LogP contribution is 2.08. The van der Waals surface area contributed by atoms with Crippen LogP contribution in [0.3, 0.4) is 0 Å². The lowest BCUT2D eigenvalue weighted by molar-refractivity contribution is -0.149. The second-order valence-electron chi connectivity index (χ2n) is 6.26. The van der Waals surface area contributed by atoms with Crippen molar-refractivity contribution in [2.45, 2.75) is 51.2 Å². The van der Waals surface area contributed by atoms with Crippen molar-refractivity contribution in [3.05, 3.63) is 5.53 Å². The summed E-state index contributed by atoms with van der Waals surface area (Å²) < 4.78 is 10.2. The van der Waals surface area contributed by atoms with Crippen molar-refractivity contribution in [2.24, 2.45) is 0 Å². The summed E-state index contributed by atoms with van der Waals surface area (Å²) >= 11 is 0. The normalized spacial score (nSPS) is 16.8. The summed E-state index contributed by atoms with van der Waals surface area (Å²) in [6.07, 6.45) is 3.55. The van der Waals surface area contributed by atoms with E-state index in [2.05, 4.69) is 15.0 Å². The fourth-order valence-electron chi connectivity index (χ4n) is 2.62. The van der Waals surface area contributed by atoms with E-state index in [1.54, 1.807) is 6.92 Å². The van der Waals surface area contributed by atoms with E-state index in [1.165, 1.54) is 13.5 Å². The second-order valence-corrected chi connectivity index (χ2v) is 6.26. The number of Topliss-reactive ketones (excluding diaryl/α,β-unsaturated/α-hetero) is 1. The van der Waals surface area contributed by atoms with Crippen LogP contribution in [0.5, 0.6) is 0 Å². The van der Waals surface area contributed by atoms with Gasteiger partial charge in [0.2, 0.25) is 11.7 Å². The molecule has 0 aromatic rings. The van der Waals surface area contributed by atoms with Crippen molar-refractivity contribution in [1.82, 2.24) is 10.2 Å². The number of ether oxygens (including phenoxy) is 2. The number of piperidine rings is 1. The summed E-state index contributed by atoms with van der Waals surface area (Å²) in [5.41, 5.74) is 8.37. The number of rotatable bonds is 11. The van der Waals surface area contributed by atoms with E-state index >= 15 is 0 Å². The number of ketones is 1. The summed E-state index contributed by atoms with van der Waals surface area (Å²) in [5.74, 6) is -1.51. The Balaban J connectivity index is 2.53. The number of methoxy groups -OCH3 is 1. The van der Waals surface area contributed by atoms with Crippen molar-refractivity contribution < 1.29 is 28.6 Å². The van der Waals surface area contributed by atoms with Gasteiger partial charge in [-0.3, -0.25) is 14.5 Å². The number of hydrogen-bond acceptors (Lipinski definition) is 6. The van der Waals surface area contributed by atoms with Crippen LogP contribution in [0.4, 0.5) is 0 Å². The minimum Gasteiger partial charge on any atom is -0.463 e. The van der Waals surface area contributed by atoms with Crippen molar-refractivity contribution >= 4 is 23.9 Å². The summed E-state index contributed by atoms with van der Waals surface area (Å²) in [5, 5.41) is 2.54. The topological polar surface area (TPSA) is 121 Å². The fraction of sp³-hybridized carbons (Fsp3) is 0.765. The lowest BCUT2D eigenvalue weighted by atomic mass is 10.1. The molecule has 1 rings (SSSR count). The maximum atomic E-state index is 12.3. The number of hydrogen-bond donors (Lipinski definition) is 1. The van der Waals surface area contributed by atoms with Crippen LogP contribution in [0.15, 0.2) is 0 Å². The monoisotopic (exact) mass is 368 g/mol. The van der Waals surface area contributed by atoms with Crippen LogP contribution in [-0.4, -0.2) is 79.1 Å². The molecular formula is C17H28N4O5. The molecule has 0 aliphatic carbocycles. The largest absolute Gasteiger partial charge is 0.463 e. The molecule has 2 atom stereocenters. The number of esters is 1. The number of nitrogens with one attached hydrogen (secondary N) is 1. The standard InChI is InChI=1S/C17H28N4O5/c1-13(25-2)16(23)20-15(7-6-14(22)12-19-18)17(24)26-11-10-21-8-4-3-5-9-21/h12-13,15H,3-11H2,1-2H3,(H,20,23)/t13-,15+/m1/s1. The average molecular weight is 368 g/mol. The lowest BCUT2D eigenvalue weighted by Crippen LogP contribution is -2.46. The van der Waals surface area contributed by atoms with Gasteiger partial charge in [0.25, 0.3) is 0 Å². The molecule has 0 radical (unpaired) electrons. The zero-order chi connectivity index (χ0) is 19.4. The zero-order valence-corrected chi connectivity index (χ0v) is 15.5. The highest BCUT2D eigenvalue weighted by Gasteiger charge is 2.26. The molecule has 0 aromatic carbocycles. The van der Waals surface area contributed by atoms with Crippen molar-refractivity contribution in [2.75, 3.05) is 33.4 Å². The van der Waals surface area contributed by atoms with Gasteiger partial charge in [0.05, 0.1) is 0 Å². The first-order valence-corrected chi connectivity index (χ1v) is 8.90. The van der Waals surface area contributed by atoms with Crippen LogP contribution in [0, 0.1) is 0 Å². The molecule has 1 aliphatic rings. The Morgan fingerprint density at radius 2 is 1.96 bits per heavy atom. The average Bonchev–Trinajstić information content (AvgIpc) is 2.65. The Bertz CT molecular complexity index is 527. The first kappa shape index (κ1) is 22.0. The third kappa shape index (κ3) is 8.33. The van der Waals surface area contributed by atoms with E-state index < -0.39 is 29.8 Å². The van der Waals surface area contributed by atoms with E-state index in [0.29, 0.717) is 6.54 Å². The van der Waals surface area contributed by atoms with Crippen LogP contribution < -0.4 is 5.32 Å². The third-order valence-electron chi connectivity index (χ3n) is 4.31. The van der Waals surface area contributed by atoms with Gasteiger partial charge in [-0.25, -0.2) is 4.79 Å². The molecule has 0 aromatic heterocycles. The van der Waals surface area contributed by atoms with Gasteiger partial charge in [0.1, 0.15) is 18.8 Å². The van der Waals surface area contributed by atoms with E-state index in [1.807, 2.05) is 0 Å². The Hall–Kier alpha value is -2.09. The molecule has 1 amide bonds. The molecule has 0 spiro atoms. The molecule has 1 N–H and O–H groups in total. The Labute approximate surface area is 153 Å². The van der Waals surface area contributed by atoms with Crippen LogP contribution in [0.1, 0.15) is 39.0 Å². The highest BCUT2D eigenvalue weighted by molar-refractivity contribution is 6.25. The van der Waals surface area contributed by atoms with Crippen LogP contribution in [0.25, 0.3) is 5.53 Å². The molecule has 0 unspecified atom stereocenters. The molecule has 9 nitrogen and oxygen atoms in total. The zero-order valence-electron chi connectivity index (χ0n) is 15.5. The van der Waals surface area contributed by atoms with Gasteiger partial charge in [-0.15, -0.1) is 0 Å². The first-order valence-electron chi connectivity index (χ1n) is 8.90. The molecule has 1 saturated heterocycles. The Morgan fingerprint density at radius 3 is 2.58 bits per heavy atom. The number of carbonyl (C=O) groups is 3. The van der Waals surface area contributed by atoms with Gasteiger partial charge in [0, 0.05) is 20.1 Å². The molecule has 1 fully saturated rings. The molecule has 1 heterocycles. The minimum atomic E-state index is -0.961. The van der Waals surface area contributed by atoms with E-state index in [0.717, 1.165) is 32.1 Å². The summed E-state index contributed by atoms with van der Waals surface area (Å²) in [4.78, 5) is 40.6. The van der Waals surface area contributed by atoms with Gasteiger partial charge in [-0.2, -0.15) is 4.79 Å². The van der Waals surface area contributed by atoms with Crippen LogP contribution in [-0.2, 0) is 23.9 Å². The van der Waals surface area contributed by atoms with E-state index in [9.17, 15) is 14.4 Å². The molecule has 146 valence electrons. The van der Waals surface area contributed by atoms with Gasteiger partial charge in [0.15, 0.2) is 0 Å². The third-order valence-corrected chi connectivity index (χ3v) is 4.31. The lowest BCUT2D eigenvalue weighted by Gasteiger charge is -2.26. The highest BCUT2D eigenvalue weighted by atomic mass is 16.5. The number of carbonyl (C=O) groups excluding carboxylic acids is 3. The number of likely N-dealkylation sites (tertiary alicyclic amines) is 1. The molecule has 1 aliphatic heterocycles. The van der Waals surface area contributed by atoms with E-state index in [-0.39, 0.29) is 19.4 Å². The van der Waals surface area contributed by atoms with Crippen molar-refractivity contribution in [1.29, 1.82) is 0 Å². The molecular weight excluding hydrogens is 340 g/mol. The SMILES string of the molecule is CO[C@H](C)C(=O)N[C@@H](CCC(=O)C=[N+]=[N-])C(=O)OCCN1CCCCC1. The van der Waals surface area contributed by atoms with Crippen LogP contribution >= 0.6 is 0 Å². The summed E-state index contributed by atoms with van der Waals surface area (Å²) in [7, 11) is 1.39. The quantitative estimate of drug-likeness (QED) is 0.240. The van der Waals surface area contributed by atoms with Crippen LogP contribution in [0.2, 0.25) is 0 Å². The smallest absolute Gasteiger partial charge is 0.328 e. The summed E-state index contributed by atoms with van der Waals surface area (Å²) in [6.45, 7) is 4.43. The minimum absolute atomic E-state index is 0.0512. The molecule has 0 saturated carbocycles. The fourth-order valence-corrected chi connectivity index (χ4v) is 2.62. The number of nitrogens with zero attached hydrogens (tertiary/aromatic N) is 3. The number of amides is 1. The van der Waals surface area contributed by atoms with Crippen molar-refractivity contribution in [3.63, 3.8) is 0 Å². The predicted octanol–water partition coefficient (Wildman–Crippen LogP) is 0.185. The maximum absolute atomic E-state index is 12.3. The van der Waals surface area contributed by atoms with Crippen molar-refractivity contribution in [3.8, 4) is 0 Å². The van der Waals surface area contributed by atoms with Gasteiger partial charge in [-0.1, -0.05) is 6.42 Å². The molecule has 0 bridgehead atoms. The summed E-state index contributed by atoms with van der Waals surface area (Å²) in [6, 6.07) is -0.961. The molecule has 26 heavy (non-hydrogen) atoms. The second kappa shape index (κ2) is 12.3.